The number of nitro groups is 1. The van der Waals surface area contributed by atoms with Gasteiger partial charge in [0.1, 0.15) is 12.6 Å². The third kappa shape index (κ3) is 8.79. The topological polar surface area (TPSA) is 130 Å². The molecule has 11 heteroatoms. The smallest absolute Gasteiger partial charge is 0.271 e. The summed E-state index contributed by atoms with van der Waals surface area (Å²) in [5, 5.41) is 14.6. The monoisotopic (exact) mass is 642 g/mol. The SMILES string of the molecule is Cc1cccc(CN(C(=O)CN(c2cccc([N+](=O)[O-])c2)S(=O)(=O)c2ccccc2)C(Cc2ccccc2)C(=O)NCC(C)C)c1. The van der Waals surface area contributed by atoms with Crippen LogP contribution in [0.1, 0.15) is 30.5 Å². The predicted molar refractivity (Wildman–Crippen MR) is 178 cm³/mol. The Morgan fingerprint density at radius 1 is 0.848 bits per heavy atom. The van der Waals surface area contributed by atoms with E-state index in [1.165, 1.54) is 35.2 Å². The zero-order valence-corrected chi connectivity index (χ0v) is 26.9. The highest BCUT2D eigenvalue weighted by molar-refractivity contribution is 7.92. The number of amides is 2. The first-order valence-corrected chi connectivity index (χ1v) is 16.4. The van der Waals surface area contributed by atoms with Crippen molar-refractivity contribution in [3.63, 3.8) is 0 Å². The molecule has 0 saturated heterocycles. The van der Waals surface area contributed by atoms with Crippen LogP contribution in [0.2, 0.25) is 0 Å². The number of non-ortho nitro benzene ring substituents is 1. The molecule has 0 fully saturated rings. The summed E-state index contributed by atoms with van der Waals surface area (Å²) in [5.41, 5.74) is 2.16. The van der Waals surface area contributed by atoms with Gasteiger partial charge >= 0.3 is 0 Å². The molecule has 2 amide bonds. The van der Waals surface area contributed by atoms with Crippen LogP contribution in [0.15, 0.2) is 114 Å². The van der Waals surface area contributed by atoms with E-state index in [2.05, 4.69) is 5.32 Å². The van der Waals surface area contributed by atoms with E-state index in [4.69, 9.17) is 0 Å². The van der Waals surface area contributed by atoms with Gasteiger partial charge in [-0.3, -0.25) is 24.0 Å². The van der Waals surface area contributed by atoms with Gasteiger partial charge in [0, 0.05) is 31.6 Å². The average molecular weight is 643 g/mol. The van der Waals surface area contributed by atoms with Crippen molar-refractivity contribution in [1.82, 2.24) is 10.2 Å². The lowest BCUT2D eigenvalue weighted by atomic mass is 10.0. The Kier molecular flexibility index (Phi) is 11.3. The number of rotatable bonds is 14. The highest BCUT2D eigenvalue weighted by Gasteiger charge is 2.35. The van der Waals surface area contributed by atoms with Gasteiger partial charge in [-0.15, -0.1) is 0 Å². The van der Waals surface area contributed by atoms with Crippen molar-refractivity contribution in [1.29, 1.82) is 0 Å². The molecule has 4 aromatic carbocycles. The van der Waals surface area contributed by atoms with Crippen LogP contribution in [0.25, 0.3) is 0 Å². The molecule has 0 aliphatic heterocycles. The normalized spacial score (nSPS) is 11.9. The van der Waals surface area contributed by atoms with Crippen molar-refractivity contribution in [2.45, 2.75) is 44.7 Å². The van der Waals surface area contributed by atoms with Gasteiger partial charge in [-0.1, -0.05) is 98.3 Å². The molecule has 0 aliphatic carbocycles. The maximum atomic E-state index is 14.5. The molecule has 46 heavy (non-hydrogen) atoms. The van der Waals surface area contributed by atoms with Gasteiger partial charge in [0.05, 0.1) is 15.5 Å². The fourth-order valence-electron chi connectivity index (χ4n) is 4.99. The molecule has 1 unspecified atom stereocenters. The molecular weight excluding hydrogens is 604 g/mol. The third-order valence-corrected chi connectivity index (χ3v) is 9.12. The lowest BCUT2D eigenvalue weighted by Crippen LogP contribution is -2.53. The number of aryl methyl sites for hydroxylation is 1. The molecule has 0 spiro atoms. The fraction of sp³-hybridized carbons (Fsp3) is 0.257. The van der Waals surface area contributed by atoms with Crippen molar-refractivity contribution >= 4 is 33.2 Å². The van der Waals surface area contributed by atoms with Crippen molar-refractivity contribution in [3.8, 4) is 0 Å². The Balaban J connectivity index is 1.82. The van der Waals surface area contributed by atoms with Crippen molar-refractivity contribution in [3.05, 3.63) is 136 Å². The minimum absolute atomic E-state index is 0.0290. The van der Waals surface area contributed by atoms with E-state index in [0.29, 0.717) is 6.54 Å². The van der Waals surface area contributed by atoms with Gasteiger partial charge in [0.15, 0.2) is 0 Å². The Labute approximate surface area is 269 Å². The van der Waals surface area contributed by atoms with Gasteiger partial charge in [-0.05, 0) is 42.2 Å². The summed E-state index contributed by atoms with van der Waals surface area (Å²) in [6.45, 7) is 5.57. The summed E-state index contributed by atoms with van der Waals surface area (Å²) in [7, 11) is -4.37. The van der Waals surface area contributed by atoms with Crippen LogP contribution < -0.4 is 9.62 Å². The Morgan fingerprint density at radius 3 is 2.11 bits per heavy atom. The Hall–Kier alpha value is -5.03. The molecule has 0 bridgehead atoms. The number of nitrogens with zero attached hydrogens (tertiary/aromatic N) is 3. The van der Waals surface area contributed by atoms with E-state index in [-0.39, 0.29) is 41.1 Å². The largest absolute Gasteiger partial charge is 0.354 e. The Bertz CT molecular complexity index is 1760. The first kappa shape index (κ1) is 33.9. The minimum Gasteiger partial charge on any atom is -0.354 e. The second-order valence-electron chi connectivity index (χ2n) is 11.5. The van der Waals surface area contributed by atoms with Gasteiger partial charge in [-0.2, -0.15) is 0 Å². The van der Waals surface area contributed by atoms with Gasteiger partial charge < -0.3 is 10.2 Å². The molecule has 1 atom stereocenters. The number of sulfonamides is 1. The van der Waals surface area contributed by atoms with Crippen LogP contribution in [0.5, 0.6) is 0 Å². The van der Waals surface area contributed by atoms with Crippen molar-refractivity contribution in [2.75, 3.05) is 17.4 Å². The van der Waals surface area contributed by atoms with E-state index in [1.54, 1.807) is 18.2 Å². The number of carbonyl (C=O) groups excluding carboxylic acids is 2. The number of benzene rings is 4. The standard InChI is InChI=1S/C35H38N4O6S/c1-26(2)23-36-35(41)33(21-28-13-6-4-7-14-28)37(24-29-15-10-12-27(3)20-29)34(40)25-38(30-16-11-17-31(22-30)39(42)43)46(44,45)32-18-8-5-9-19-32/h4-20,22,26,33H,21,23-25H2,1-3H3,(H,36,41). The fourth-order valence-corrected chi connectivity index (χ4v) is 6.42. The number of hydrogen-bond donors (Lipinski definition) is 1. The molecular formula is C35H38N4O6S. The quantitative estimate of drug-likeness (QED) is 0.143. The molecule has 4 aromatic rings. The van der Waals surface area contributed by atoms with Gasteiger partial charge in [0.25, 0.3) is 15.7 Å². The van der Waals surface area contributed by atoms with Crippen molar-refractivity contribution < 1.29 is 22.9 Å². The van der Waals surface area contributed by atoms with E-state index >= 15 is 0 Å². The predicted octanol–water partition coefficient (Wildman–Crippen LogP) is 5.51. The molecule has 0 aliphatic rings. The summed E-state index contributed by atoms with van der Waals surface area (Å²) < 4.78 is 29.0. The molecule has 0 radical (unpaired) electrons. The summed E-state index contributed by atoms with van der Waals surface area (Å²) in [6.07, 6.45) is 0.185. The maximum Gasteiger partial charge on any atom is 0.271 e. The lowest BCUT2D eigenvalue weighted by molar-refractivity contribution is -0.384. The van der Waals surface area contributed by atoms with Crippen LogP contribution in [0, 0.1) is 23.0 Å². The van der Waals surface area contributed by atoms with Gasteiger partial charge in [0.2, 0.25) is 11.8 Å². The average Bonchev–Trinajstić information content (AvgIpc) is 3.04. The van der Waals surface area contributed by atoms with Crippen molar-refractivity contribution in [2.24, 2.45) is 5.92 Å². The first-order valence-electron chi connectivity index (χ1n) is 14.9. The maximum absolute atomic E-state index is 14.5. The zero-order chi connectivity index (χ0) is 33.3. The van der Waals surface area contributed by atoms with Crippen LogP contribution in [-0.4, -0.2) is 49.2 Å². The number of nitrogens with one attached hydrogen (secondary N) is 1. The van der Waals surface area contributed by atoms with E-state index in [0.717, 1.165) is 27.1 Å². The summed E-state index contributed by atoms with van der Waals surface area (Å²) in [4.78, 5) is 40.6. The lowest BCUT2D eigenvalue weighted by Gasteiger charge is -2.34. The molecule has 0 saturated carbocycles. The number of hydrogen-bond acceptors (Lipinski definition) is 6. The second kappa shape index (κ2) is 15.3. The number of nitro benzene ring substituents is 1. The molecule has 0 aromatic heterocycles. The van der Waals surface area contributed by atoms with E-state index in [9.17, 15) is 28.1 Å². The molecule has 240 valence electrons. The third-order valence-electron chi connectivity index (χ3n) is 7.33. The second-order valence-corrected chi connectivity index (χ2v) is 13.3. The van der Waals surface area contributed by atoms with Crippen LogP contribution in [0.3, 0.4) is 0 Å². The zero-order valence-electron chi connectivity index (χ0n) is 26.1. The molecule has 4 rings (SSSR count). The van der Waals surface area contributed by atoms with Gasteiger partial charge in [-0.25, -0.2) is 8.42 Å². The first-order chi connectivity index (χ1) is 22.0. The summed E-state index contributed by atoms with van der Waals surface area (Å²) >= 11 is 0. The van der Waals surface area contributed by atoms with Crippen LogP contribution in [0.4, 0.5) is 11.4 Å². The van der Waals surface area contributed by atoms with Crippen LogP contribution in [-0.2, 0) is 32.6 Å². The highest BCUT2D eigenvalue weighted by Crippen LogP contribution is 2.28. The van der Waals surface area contributed by atoms with Crippen LogP contribution >= 0.6 is 0 Å². The van der Waals surface area contributed by atoms with E-state index < -0.39 is 33.4 Å². The molecule has 1 N–H and O–H groups in total. The Morgan fingerprint density at radius 2 is 1.48 bits per heavy atom. The van der Waals surface area contributed by atoms with E-state index in [1.807, 2.05) is 75.4 Å². The summed E-state index contributed by atoms with van der Waals surface area (Å²) in [5.74, 6) is -0.859. The number of anilines is 1. The highest BCUT2D eigenvalue weighted by atomic mass is 32.2. The minimum atomic E-state index is -4.37. The summed E-state index contributed by atoms with van der Waals surface area (Å²) in [6, 6.07) is 28.5. The molecule has 0 heterocycles. The number of carbonyl (C=O) groups is 2. The molecule has 10 nitrogen and oxygen atoms in total.